The Bertz CT molecular complexity index is 1040. The lowest BCUT2D eigenvalue weighted by molar-refractivity contribution is 0.456. The maximum Gasteiger partial charge on any atom is 0.339 e. The standard InChI is InChI=1S/C17H15NO5S/c1-10-15(19)3-2-4-17(10)23-24(21,22)13-8-11-7-12(18)5-6-14(11)16(20)9-13/h2-9,19-20H,18H2,1H3. The average Bonchev–Trinajstić information content (AvgIpc) is 2.51. The molecular formula is C17H15NO5S. The summed E-state index contributed by atoms with van der Waals surface area (Å²) in [5, 5.41) is 20.7. The summed E-state index contributed by atoms with van der Waals surface area (Å²) in [6.45, 7) is 1.54. The number of hydrogen-bond donors (Lipinski definition) is 3. The Kier molecular flexibility index (Phi) is 3.73. The number of phenols is 2. The lowest BCUT2D eigenvalue weighted by Crippen LogP contribution is -2.10. The highest BCUT2D eigenvalue weighted by Crippen LogP contribution is 2.33. The molecule has 0 unspecified atom stereocenters. The van der Waals surface area contributed by atoms with Gasteiger partial charge >= 0.3 is 10.1 Å². The van der Waals surface area contributed by atoms with E-state index in [-0.39, 0.29) is 22.1 Å². The number of hydrogen-bond acceptors (Lipinski definition) is 6. The Morgan fingerprint density at radius 2 is 1.75 bits per heavy atom. The zero-order valence-corrected chi connectivity index (χ0v) is 13.5. The van der Waals surface area contributed by atoms with E-state index in [0.29, 0.717) is 22.0 Å². The van der Waals surface area contributed by atoms with E-state index in [9.17, 15) is 18.6 Å². The van der Waals surface area contributed by atoms with Crippen LogP contribution in [0.5, 0.6) is 17.2 Å². The molecule has 0 spiro atoms. The van der Waals surface area contributed by atoms with Crippen molar-refractivity contribution in [2.24, 2.45) is 0 Å². The predicted molar refractivity (Wildman–Crippen MR) is 90.7 cm³/mol. The number of benzene rings is 3. The van der Waals surface area contributed by atoms with E-state index in [2.05, 4.69) is 0 Å². The summed E-state index contributed by atoms with van der Waals surface area (Å²) in [6.07, 6.45) is 0. The summed E-state index contributed by atoms with van der Waals surface area (Å²) in [5.74, 6) is -0.249. The third-order valence-electron chi connectivity index (χ3n) is 3.67. The number of anilines is 1. The minimum absolute atomic E-state index is 0.0159. The molecular weight excluding hydrogens is 330 g/mol. The zero-order chi connectivity index (χ0) is 17.5. The van der Waals surface area contributed by atoms with Gasteiger partial charge in [-0.2, -0.15) is 8.42 Å². The Labute approximate surface area is 138 Å². The SMILES string of the molecule is Cc1c(O)cccc1OS(=O)(=O)c1cc(O)c2ccc(N)cc2c1. The second-order valence-corrected chi connectivity index (χ2v) is 6.91. The molecule has 0 aromatic heterocycles. The molecule has 0 fully saturated rings. The largest absolute Gasteiger partial charge is 0.508 e. The van der Waals surface area contributed by atoms with Crippen LogP contribution in [0.15, 0.2) is 53.4 Å². The van der Waals surface area contributed by atoms with E-state index in [1.165, 1.54) is 24.3 Å². The third kappa shape index (κ3) is 2.81. The van der Waals surface area contributed by atoms with Crippen LogP contribution < -0.4 is 9.92 Å². The van der Waals surface area contributed by atoms with Crippen LogP contribution in [0.1, 0.15) is 5.56 Å². The van der Waals surface area contributed by atoms with Crippen LogP contribution in [-0.2, 0) is 10.1 Å². The van der Waals surface area contributed by atoms with Gasteiger partial charge in [-0.3, -0.25) is 0 Å². The minimum Gasteiger partial charge on any atom is -0.508 e. The van der Waals surface area contributed by atoms with Crippen LogP contribution in [0, 0.1) is 6.92 Å². The van der Waals surface area contributed by atoms with Gasteiger partial charge in [0.25, 0.3) is 0 Å². The smallest absolute Gasteiger partial charge is 0.339 e. The van der Waals surface area contributed by atoms with Crippen molar-refractivity contribution in [1.29, 1.82) is 0 Å². The molecule has 3 aromatic rings. The fraction of sp³-hybridized carbons (Fsp3) is 0.0588. The monoisotopic (exact) mass is 345 g/mol. The molecule has 0 saturated carbocycles. The van der Waals surface area contributed by atoms with Gasteiger partial charge in [0.1, 0.15) is 22.1 Å². The van der Waals surface area contributed by atoms with E-state index in [4.69, 9.17) is 9.92 Å². The Morgan fingerprint density at radius 1 is 1.00 bits per heavy atom. The average molecular weight is 345 g/mol. The van der Waals surface area contributed by atoms with Crippen LogP contribution in [0.25, 0.3) is 10.8 Å². The van der Waals surface area contributed by atoms with Crippen molar-refractivity contribution >= 4 is 26.6 Å². The Hall–Kier alpha value is -2.93. The van der Waals surface area contributed by atoms with E-state index in [1.807, 2.05) is 0 Å². The van der Waals surface area contributed by atoms with Gasteiger partial charge in [-0.1, -0.05) is 6.07 Å². The number of rotatable bonds is 3. The highest BCUT2D eigenvalue weighted by molar-refractivity contribution is 7.87. The highest BCUT2D eigenvalue weighted by Gasteiger charge is 2.20. The molecule has 24 heavy (non-hydrogen) atoms. The van der Waals surface area contributed by atoms with Crippen LogP contribution >= 0.6 is 0 Å². The number of aromatic hydroxyl groups is 2. The minimum atomic E-state index is -4.19. The summed E-state index contributed by atoms with van der Waals surface area (Å²) in [4.78, 5) is -0.208. The van der Waals surface area contributed by atoms with Crippen LogP contribution in [-0.4, -0.2) is 18.6 Å². The van der Waals surface area contributed by atoms with Crippen molar-refractivity contribution in [1.82, 2.24) is 0 Å². The number of nitrogens with two attached hydrogens (primary N) is 1. The fourth-order valence-corrected chi connectivity index (χ4v) is 3.39. The topological polar surface area (TPSA) is 110 Å². The second kappa shape index (κ2) is 5.61. The summed E-state index contributed by atoms with van der Waals surface area (Å²) in [6, 6.07) is 11.6. The molecule has 6 nitrogen and oxygen atoms in total. The van der Waals surface area contributed by atoms with Gasteiger partial charge < -0.3 is 20.1 Å². The van der Waals surface area contributed by atoms with Crippen molar-refractivity contribution in [2.75, 3.05) is 5.73 Å². The summed E-state index contributed by atoms with van der Waals surface area (Å²) in [7, 11) is -4.19. The second-order valence-electron chi connectivity index (χ2n) is 5.36. The molecule has 124 valence electrons. The van der Waals surface area contributed by atoms with Crippen molar-refractivity contribution in [2.45, 2.75) is 11.8 Å². The first kappa shape index (κ1) is 15.9. The van der Waals surface area contributed by atoms with Gasteiger partial charge in [-0.15, -0.1) is 0 Å². The highest BCUT2D eigenvalue weighted by atomic mass is 32.2. The van der Waals surface area contributed by atoms with E-state index >= 15 is 0 Å². The molecule has 7 heteroatoms. The maximum atomic E-state index is 12.5. The van der Waals surface area contributed by atoms with Gasteiger partial charge in [0.15, 0.2) is 0 Å². The van der Waals surface area contributed by atoms with Gasteiger partial charge in [-0.25, -0.2) is 0 Å². The number of phenolic OH excluding ortho intramolecular Hbond substituents is 2. The summed E-state index contributed by atoms with van der Waals surface area (Å²) < 4.78 is 30.1. The molecule has 3 aromatic carbocycles. The van der Waals surface area contributed by atoms with Crippen molar-refractivity contribution < 1.29 is 22.8 Å². The Morgan fingerprint density at radius 3 is 2.50 bits per heavy atom. The molecule has 0 aliphatic rings. The first-order chi connectivity index (χ1) is 11.3. The summed E-state index contributed by atoms with van der Waals surface area (Å²) >= 11 is 0. The molecule has 0 amide bonds. The van der Waals surface area contributed by atoms with Crippen molar-refractivity contribution in [3.63, 3.8) is 0 Å². The molecule has 3 rings (SSSR count). The van der Waals surface area contributed by atoms with Crippen LogP contribution in [0.3, 0.4) is 0 Å². The number of nitrogen functional groups attached to an aromatic ring is 1. The molecule has 0 aliphatic heterocycles. The van der Waals surface area contributed by atoms with Crippen LogP contribution in [0.2, 0.25) is 0 Å². The number of fused-ring (bicyclic) bond motifs is 1. The van der Waals surface area contributed by atoms with E-state index in [1.54, 1.807) is 25.1 Å². The normalized spacial score (nSPS) is 11.5. The molecule has 0 bridgehead atoms. The Balaban J connectivity index is 2.10. The maximum absolute atomic E-state index is 12.5. The lowest BCUT2D eigenvalue weighted by Gasteiger charge is -2.11. The molecule has 0 saturated heterocycles. The quantitative estimate of drug-likeness (QED) is 0.497. The molecule has 4 N–H and O–H groups in total. The van der Waals surface area contributed by atoms with Crippen molar-refractivity contribution in [3.05, 3.63) is 54.1 Å². The van der Waals surface area contributed by atoms with E-state index in [0.717, 1.165) is 6.07 Å². The third-order valence-corrected chi connectivity index (χ3v) is 4.88. The van der Waals surface area contributed by atoms with Crippen LogP contribution in [0.4, 0.5) is 5.69 Å². The van der Waals surface area contributed by atoms with Gasteiger partial charge in [-0.05, 0) is 48.7 Å². The van der Waals surface area contributed by atoms with Crippen molar-refractivity contribution in [3.8, 4) is 17.2 Å². The molecule has 0 aliphatic carbocycles. The molecule has 0 atom stereocenters. The van der Waals surface area contributed by atoms with E-state index < -0.39 is 10.1 Å². The molecule has 0 radical (unpaired) electrons. The van der Waals surface area contributed by atoms with Gasteiger partial charge in [0.2, 0.25) is 0 Å². The van der Waals surface area contributed by atoms with Gasteiger partial charge in [0, 0.05) is 22.7 Å². The predicted octanol–water partition coefficient (Wildman–Crippen LogP) is 2.91. The van der Waals surface area contributed by atoms with Gasteiger partial charge in [0.05, 0.1) is 0 Å². The fourth-order valence-electron chi connectivity index (χ4n) is 2.35. The summed E-state index contributed by atoms with van der Waals surface area (Å²) in [5.41, 5.74) is 6.45. The first-order valence-corrected chi connectivity index (χ1v) is 8.44. The lowest BCUT2D eigenvalue weighted by atomic mass is 10.1. The molecule has 0 heterocycles. The first-order valence-electron chi connectivity index (χ1n) is 7.03. The zero-order valence-electron chi connectivity index (χ0n) is 12.7.